The molecule has 4 heteroatoms. The Kier molecular flexibility index (Phi) is 6.36. The second-order valence-corrected chi connectivity index (χ2v) is 4.04. The first-order chi connectivity index (χ1) is 7.33. The number of carbonyl (C=O) groups is 1. The Bertz CT molecular complexity index is 181. The van der Waals surface area contributed by atoms with Crippen molar-refractivity contribution in [3.63, 3.8) is 0 Å². The molecule has 0 bridgehead atoms. The Morgan fingerprint density at radius 2 is 2.13 bits per heavy atom. The highest BCUT2D eigenvalue weighted by atomic mass is 16.5. The summed E-state index contributed by atoms with van der Waals surface area (Å²) in [5, 5.41) is 6.22. The number of rotatable bonds is 9. The Morgan fingerprint density at radius 1 is 1.33 bits per heavy atom. The molecule has 4 nitrogen and oxygen atoms in total. The predicted molar refractivity (Wildman–Crippen MR) is 59.8 cm³/mol. The highest BCUT2D eigenvalue weighted by Crippen LogP contribution is 2.18. The van der Waals surface area contributed by atoms with Gasteiger partial charge in [0.15, 0.2) is 0 Å². The zero-order valence-electron chi connectivity index (χ0n) is 9.55. The van der Waals surface area contributed by atoms with Crippen LogP contribution in [0.2, 0.25) is 0 Å². The molecule has 0 atom stereocenters. The molecular weight excluding hydrogens is 192 g/mol. The molecular formula is C11H22N2O2. The fraction of sp³-hybridized carbons (Fsp3) is 0.909. The molecule has 15 heavy (non-hydrogen) atoms. The van der Waals surface area contributed by atoms with Gasteiger partial charge in [-0.3, -0.25) is 4.79 Å². The van der Waals surface area contributed by atoms with E-state index in [1.54, 1.807) is 7.11 Å². The van der Waals surface area contributed by atoms with Gasteiger partial charge in [-0.1, -0.05) is 0 Å². The average Bonchev–Trinajstić information content (AvgIpc) is 3.00. The molecule has 88 valence electrons. The number of unbranched alkanes of at least 4 members (excludes halogenated alkanes) is 1. The molecule has 1 aliphatic rings. The Labute approximate surface area is 91.8 Å². The van der Waals surface area contributed by atoms with E-state index in [0.29, 0.717) is 12.5 Å². The molecule has 0 heterocycles. The van der Waals surface area contributed by atoms with Crippen molar-refractivity contribution in [2.45, 2.75) is 38.1 Å². The minimum atomic E-state index is 0.182. The summed E-state index contributed by atoms with van der Waals surface area (Å²) in [4.78, 5) is 11.3. The molecule has 0 aromatic heterocycles. The van der Waals surface area contributed by atoms with Crippen LogP contribution in [0.5, 0.6) is 0 Å². The normalized spacial score (nSPS) is 15.3. The summed E-state index contributed by atoms with van der Waals surface area (Å²) in [6, 6.07) is 0.485. The molecule has 1 aliphatic carbocycles. The topological polar surface area (TPSA) is 50.4 Å². The minimum absolute atomic E-state index is 0.182. The molecule has 1 saturated carbocycles. The minimum Gasteiger partial charge on any atom is -0.385 e. The standard InChI is InChI=1S/C11H22N2O2/c1-15-9-3-2-7-12-8-6-11(14)13-10-4-5-10/h10,12H,2-9H2,1H3,(H,13,14). The molecule has 1 fully saturated rings. The van der Waals surface area contributed by atoms with E-state index < -0.39 is 0 Å². The van der Waals surface area contributed by atoms with Gasteiger partial charge in [0.1, 0.15) is 0 Å². The first-order valence-electron chi connectivity index (χ1n) is 5.82. The summed E-state index contributed by atoms with van der Waals surface area (Å²) < 4.78 is 4.95. The third-order valence-electron chi connectivity index (χ3n) is 2.42. The summed E-state index contributed by atoms with van der Waals surface area (Å²) in [7, 11) is 1.72. The van der Waals surface area contributed by atoms with Crippen LogP contribution in [0.3, 0.4) is 0 Å². The Balaban J connectivity index is 1.77. The zero-order valence-corrected chi connectivity index (χ0v) is 9.55. The average molecular weight is 214 g/mol. The third-order valence-corrected chi connectivity index (χ3v) is 2.42. The van der Waals surface area contributed by atoms with Crippen molar-refractivity contribution in [3.8, 4) is 0 Å². The van der Waals surface area contributed by atoms with Crippen LogP contribution in [0.4, 0.5) is 0 Å². The molecule has 0 radical (unpaired) electrons. The maximum atomic E-state index is 11.3. The molecule has 0 aliphatic heterocycles. The summed E-state index contributed by atoms with van der Waals surface area (Å²) in [6.45, 7) is 2.58. The van der Waals surface area contributed by atoms with Gasteiger partial charge in [-0.05, 0) is 32.2 Å². The lowest BCUT2D eigenvalue weighted by atomic mass is 10.3. The summed E-state index contributed by atoms with van der Waals surface area (Å²) in [6.07, 6.45) is 5.11. The highest BCUT2D eigenvalue weighted by Gasteiger charge is 2.22. The van der Waals surface area contributed by atoms with Crippen molar-refractivity contribution in [2.75, 3.05) is 26.8 Å². The van der Waals surface area contributed by atoms with Gasteiger partial charge < -0.3 is 15.4 Å². The number of hydrogen-bond donors (Lipinski definition) is 2. The van der Waals surface area contributed by atoms with Crippen LogP contribution in [0.25, 0.3) is 0 Å². The summed E-state index contributed by atoms with van der Waals surface area (Å²) in [5.74, 6) is 0.182. The van der Waals surface area contributed by atoms with Crippen molar-refractivity contribution in [3.05, 3.63) is 0 Å². The van der Waals surface area contributed by atoms with Crippen molar-refractivity contribution < 1.29 is 9.53 Å². The van der Waals surface area contributed by atoms with E-state index in [-0.39, 0.29) is 5.91 Å². The molecule has 0 aromatic rings. The molecule has 2 N–H and O–H groups in total. The Morgan fingerprint density at radius 3 is 2.80 bits per heavy atom. The first-order valence-corrected chi connectivity index (χ1v) is 5.82. The number of nitrogens with one attached hydrogen (secondary N) is 2. The summed E-state index contributed by atoms with van der Waals surface area (Å²) in [5.41, 5.74) is 0. The van der Waals surface area contributed by atoms with Crippen molar-refractivity contribution in [2.24, 2.45) is 0 Å². The van der Waals surface area contributed by atoms with E-state index in [4.69, 9.17) is 4.74 Å². The maximum Gasteiger partial charge on any atom is 0.221 e. The molecule has 0 spiro atoms. The zero-order chi connectivity index (χ0) is 10.9. The van der Waals surface area contributed by atoms with E-state index in [1.807, 2.05) is 0 Å². The van der Waals surface area contributed by atoms with Gasteiger partial charge in [-0.15, -0.1) is 0 Å². The third kappa shape index (κ3) is 7.33. The molecule has 1 amide bonds. The lowest BCUT2D eigenvalue weighted by molar-refractivity contribution is -0.121. The molecule has 1 rings (SSSR count). The van der Waals surface area contributed by atoms with E-state index in [2.05, 4.69) is 10.6 Å². The quantitative estimate of drug-likeness (QED) is 0.555. The SMILES string of the molecule is COCCCCNCCC(=O)NC1CC1. The number of amides is 1. The maximum absolute atomic E-state index is 11.3. The van der Waals surface area contributed by atoms with Gasteiger partial charge in [-0.2, -0.15) is 0 Å². The van der Waals surface area contributed by atoms with E-state index in [9.17, 15) is 4.79 Å². The van der Waals surface area contributed by atoms with Gasteiger partial charge in [0.25, 0.3) is 0 Å². The fourth-order valence-corrected chi connectivity index (χ4v) is 1.35. The van der Waals surface area contributed by atoms with Crippen molar-refractivity contribution in [1.82, 2.24) is 10.6 Å². The van der Waals surface area contributed by atoms with Crippen LogP contribution < -0.4 is 10.6 Å². The van der Waals surface area contributed by atoms with Crippen LogP contribution in [-0.2, 0) is 9.53 Å². The summed E-state index contributed by atoms with van der Waals surface area (Å²) >= 11 is 0. The molecule has 0 unspecified atom stereocenters. The highest BCUT2D eigenvalue weighted by molar-refractivity contribution is 5.76. The number of carbonyl (C=O) groups excluding carboxylic acids is 1. The largest absolute Gasteiger partial charge is 0.385 e. The number of methoxy groups -OCH3 is 1. The second kappa shape index (κ2) is 7.65. The number of hydrogen-bond acceptors (Lipinski definition) is 3. The van der Waals surface area contributed by atoms with Crippen LogP contribution in [-0.4, -0.2) is 38.8 Å². The molecule has 0 aromatic carbocycles. The van der Waals surface area contributed by atoms with Crippen LogP contribution >= 0.6 is 0 Å². The smallest absolute Gasteiger partial charge is 0.221 e. The second-order valence-electron chi connectivity index (χ2n) is 4.04. The van der Waals surface area contributed by atoms with Crippen LogP contribution in [0.15, 0.2) is 0 Å². The predicted octanol–water partition coefficient (Wildman–Crippen LogP) is 0.671. The number of ether oxygens (including phenoxy) is 1. The monoisotopic (exact) mass is 214 g/mol. The van der Waals surface area contributed by atoms with Gasteiger partial charge >= 0.3 is 0 Å². The van der Waals surface area contributed by atoms with Gasteiger partial charge in [0.2, 0.25) is 5.91 Å². The lowest BCUT2D eigenvalue weighted by Crippen LogP contribution is -2.29. The van der Waals surface area contributed by atoms with Gasteiger partial charge in [0, 0.05) is 32.7 Å². The fourth-order valence-electron chi connectivity index (χ4n) is 1.35. The van der Waals surface area contributed by atoms with E-state index in [1.165, 1.54) is 0 Å². The van der Waals surface area contributed by atoms with E-state index >= 15 is 0 Å². The van der Waals surface area contributed by atoms with E-state index in [0.717, 1.165) is 45.4 Å². The molecule has 0 saturated heterocycles. The van der Waals surface area contributed by atoms with Crippen LogP contribution in [0.1, 0.15) is 32.1 Å². The van der Waals surface area contributed by atoms with Crippen molar-refractivity contribution in [1.29, 1.82) is 0 Å². The van der Waals surface area contributed by atoms with Crippen molar-refractivity contribution >= 4 is 5.91 Å². The van der Waals surface area contributed by atoms with Crippen LogP contribution in [0, 0.1) is 0 Å². The van der Waals surface area contributed by atoms with Gasteiger partial charge in [-0.25, -0.2) is 0 Å². The van der Waals surface area contributed by atoms with Gasteiger partial charge in [0.05, 0.1) is 0 Å². The first kappa shape index (κ1) is 12.5. The lowest BCUT2D eigenvalue weighted by Gasteiger charge is -2.05. The Hall–Kier alpha value is -0.610.